The third-order valence-electron chi connectivity index (χ3n) is 8.58. The van der Waals surface area contributed by atoms with Gasteiger partial charge in [-0.2, -0.15) is 0 Å². The highest BCUT2D eigenvalue weighted by molar-refractivity contribution is 6.18. The smallest absolute Gasteiger partial charge is 0.235 e. The van der Waals surface area contributed by atoms with Crippen LogP contribution in [0.3, 0.4) is 0 Å². The van der Waals surface area contributed by atoms with Crippen LogP contribution < -0.4 is 0 Å². The molecule has 0 saturated carbocycles. The number of benzene rings is 7. The molecule has 0 unspecified atom stereocenters. The average Bonchev–Trinajstić information content (AvgIpc) is 3.40. The van der Waals surface area contributed by atoms with Gasteiger partial charge in [0.25, 0.3) is 0 Å². The number of rotatable bonds is 3. The van der Waals surface area contributed by atoms with E-state index in [2.05, 4.69) is 156 Å². The first kappa shape index (κ1) is 23.9. The van der Waals surface area contributed by atoms with E-state index in [1.54, 1.807) is 0 Å². The van der Waals surface area contributed by atoms with Gasteiger partial charge >= 0.3 is 0 Å². The minimum absolute atomic E-state index is 0.669. The quantitative estimate of drug-likeness (QED) is 0.220. The largest absolute Gasteiger partial charge is 0.278 e. The number of nitrogens with zero attached hydrogens (tertiary/aromatic N) is 3. The Morgan fingerprint density at radius 1 is 0.419 bits per heavy atom. The normalized spacial score (nSPS) is 11.7. The second-order valence-electron chi connectivity index (χ2n) is 11.0. The van der Waals surface area contributed by atoms with Crippen molar-refractivity contribution in [2.24, 2.45) is 0 Å². The summed E-state index contributed by atoms with van der Waals surface area (Å²) in [6.07, 6.45) is 0. The SMILES string of the molecule is c1ccc(-c2cccc3c2c2cc4ccccc4cc2n3-c2nc(-c3cccc4ccccc34)c3ccccc3n2)cc1. The predicted molar refractivity (Wildman–Crippen MR) is 180 cm³/mol. The van der Waals surface area contributed by atoms with Gasteiger partial charge in [-0.3, -0.25) is 4.57 Å². The molecule has 3 heteroatoms. The lowest BCUT2D eigenvalue weighted by Crippen LogP contribution is -2.03. The maximum absolute atomic E-state index is 5.40. The molecule has 0 bridgehead atoms. The summed E-state index contributed by atoms with van der Waals surface area (Å²) in [5, 5.41) is 8.22. The summed E-state index contributed by atoms with van der Waals surface area (Å²) >= 11 is 0. The molecule has 0 N–H and O–H groups in total. The molecule has 9 rings (SSSR count). The van der Waals surface area contributed by atoms with Gasteiger partial charge in [0.05, 0.1) is 22.2 Å². The van der Waals surface area contributed by atoms with Crippen molar-refractivity contribution >= 4 is 54.3 Å². The van der Waals surface area contributed by atoms with Crippen molar-refractivity contribution in [2.75, 3.05) is 0 Å². The lowest BCUT2D eigenvalue weighted by Gasteiger charge is -2.13. The van der Waals surface area contributed by atoms with Crippen LogP contribution in [0.2, 0.25) is 0 Å². The molecule has 0 aliphatic heterocycles. The van der Waals surface area contributed by atoms with Crippen molar-refractivity contribution in [1.82, 2.24) is 14.5 Å². The molecular formula is C40H25N3. The zero-order valence-electron chi connectivity index (χ0n) is 23.3. The molecule has 0 atom stereocenters. The van der Waals surface area contributed by atoms with Gasteiger partial charge in [0.15, 0.2) is 0 Å². The molecule has 0 aliphatic rings. The van der Waals surface area contributed by atoms with Crippen molar-refractivity contribution in [3.63, 3.8) is 0 Å². The Morgan fingerprint density at radius 3 is 1.93 bits per heavy atom. The average molecular weight is 548 g/mol. The summed E-state index contributed by atoms with van der Waals surface area (Å²) in [4.78, 5) is 10.6. The molecule has 2 aromatic heterocycles. The molecule has 9 aromatic rings. The Bertz CT molecular complexity index is 2500. The molecule has 200 valence electrons. The summed E-state index contributed by atoms with van der Waals surface area (Å²) in [6.45, 7) is 0. The van der Waals surface area contributed by atoms with Crippen LogP contribution in [0.5, 0.6) is 0 Å². The summed E-state index contributed by atoms with van der Waals surface area (Å²) in [5.74, 6) is 0.669. The molecular weight excluding hydrogens is 522 g/mol. The highest BCUT2D eigenvalue weighted by Crippen LogP contribution is 2.40. The second kappa shape index (κ2) is 9.37. The number of fused-ring (bicyclic) bond motifs is 6. The third-order valence-corrected chi connectivity index (χ3v) is 8.58. The van der Waals surface area contributed by atoms with E-state index in [0.29, 0.717) is 5.95 Å². The zero-order chi connectivity index (χ0) is 28.3. The molecule has 0 amide bonds. The van der Waals surface area contributed by atoms with Crippen LogP contribution in [-0.4, -0.2) is 14.5 Å². The van der Waals surface area contributed by atoms with Gasteiger partial charge in [-0.05, 0) is 56.9 Å². The standard InChI is InChI=1S/C40H25N3/c1-2-12-27(13-3-1)31-20-11-23-36-38(31)34-24-28-15-4-5-16-29(28)25-37(34)43(36)40-41-35-22-9-8-19-33(35)39(42-40)32-21-10-17-26-14-6-7-18-30(26)32/h1-25H. The van der Waals surface area contributed by atoms with Gasteiger partial charge in [-0.25, -0.2) is 9.97 Å². The van der Waals surface area contributed by atoms with Gasteiger partial charge in [-0.1, -0.05) is 127 Å². The van der Waals surface area contributed by atoms with E-state index in [9.17, 15) is 0 Å². The minimum Gasteiger partial charge on any atom is -0.278 e. The van der Waals surface area contributed by atoms with Crippen LogP contribution >= 0.6 is 0 Å². The zero-order valence-corrected chi connectivity index (χ0v) is 23.3. The first-order chi connectivity index (χ1) is 21.3. The van der Waals surface area contributed by atoms with Crippen molar-refractivity contribution < 1.29 is 0 Å². The van der Waals surface area contributed by atoms with Gasteiger partial charge in [0, 0.05) is 21.7 Å². The van der Waals surface area contributed by atoms with E-state index in [1.165, 1.54) is 43.4 Å². The first-order valence-corrected chi connectivity index (χ1v) is 14.6. The predicted octanol–water partition coefficient (Wildman–Crippen LogP) is 10.4. The minimum atomic E-state index is 0.669. The molecule has 7 aromatic carbocycles. The van der Waals surface area contributed by atoms with Crippen molar-refractivity contribution in [1.29, 1.82) is 0 Å². The van der Waals surface area contributed by atoms with E-state index < -0.39 is 0 Å². The van der Waals surface area contributed by atoms with Crippen molar-refractivity contribution in [2.45, 2.75) is 0 Å². The number of aromatic nitrogens is 3. The fourth-order valence-electron chi connectivity index (χ4n) is 6.63. The van der Waals surface area contributed by atoms with Gasteiger partial charge in [-0.15, -0.1) is 0 Å². The fourth-order valence-corrected chi connectivity index (χ4v) is 6.63. The monoisotopic (exact) mass is 547 g/mol. The molecule has 43 heavy (non-hydrogen) atoms. The highest BCUT2D eigenvalue weighted by Gasteiger charge is 2.20. The Morgan fingerprint density at radius 2 is 1.07 bits per heavy atom. The summed E-state index contributed by atoms with van der Waals surface area (Å²) in [6, 6.07) is 53.7. The molecule has 0 radical (unpaired) electrons. The van der Waals surface area contributed by atoms with E-state index in [4.69, 9.17) is 9.97 Å². The van der Waals surface area contributed by atoms with Crippen LogP contribution in [0.1, 0.15) is 0 Å². The van der Waals surface area contributed by atoms with Gasteiger partial charge < -0.3 is 0 Å². The molecule has 0 fully saturated rings. The van der Waals surface area contributed by atoms with E-state index in [0.717, 1.165) is 33.2 Å². The van der Waals surface area contributed by atoms with Gasteiger partial charge in [0.2, 0.25) is 5.95 Å². The Labute approximate surface area is 248 Å². The topological polar surface area (TPSA) is 30.7 Å². The summed E-state index contributed by atoms with van der Waals surface area (Å²) in [7, 11) is 0. The van der Waals surface area contributed by atoms with E-state index >= 15 is 0 Å². The van der Waals surface area contributed by atoms with Crippen LogP contribution in [0.15, 0.2) is 152 Å². The van der Waals surface area contributed by atoms with Gasteiger partial charge in [0.1, 0.15) is 0 Å². The second-order valence-corrected chi connectivity index (χ2v) is 11.0. The molecule has 0 aliphatic carbocycles. The number of hydrogen-bond acceptors (Lipinski definition) is 2. The molecule has 0 spiro atoms. The molecule has 2 heterocycles. The maximum atomic E-state index is 5.40. The lowest BCUT2D eigenvalue weighted by molar-refractivity contribution is 1.01. The first-order valence-electron chi connectivity index (χ1n) is 14.6. The summed E-state index contributed by atoms with van der Waals surface area (Å²) in [5.41, 5.74) is 7.54. The maximum Gasteiger partial charge on any atom is 0.235 e. The Kier molecular flexibility index (Phi) is 5.20. The summed E-state index contributed by atoms with van der Waals surface area (Å²) < 4.78 is 2.25. The van der Waals surface area contributed by atoms with Crippen LogP contribution in [-0.2, 0) is 0 Å². The van der Waals surface area contributed by atoms with Crippen molar-refractivity contribution in [3.8, 4) is 28.3 Å². The van der Waals surface area contributed by atoms with Crippen LogP contribution in [0, 0.1) is 0 Å². The molecule has 3 nitrogen and oxygen atoms in total. The Hall–Kier alpha value is -5.80. The van der Waals surface area contributed by atoms with Crippen LogP contribution in [0.25, 0.3) is 82.6 Å². The highest BCUT2D eigenvalue weighted by atomic mass is 15.2. The number of hydrogen-bond donors (Lipinski definition) is 0. The van der Waals surface area contributed by atoms with Crippen molar-refractivity contribution in [3.05, 3.63) is 152 Å². The van der Waals surface area contributed by atoms with E-state index in [-0.39, 0.29) is 0 Å². The Balaban J connectivity index is 1.44. The fraction of sp³-hybridized carbons (Fsp3) is 0. The number of para-hydroxylation sites is 1. The van der Waals surface area contributed by atoms with Crippen LogP contribution in [0.4, 0.5) is 0 Å². The van der Waals surface area contributed by atoms with E-state index in [1.807, 2.05) is 0 Å². The lowest BCUT2D eigenvalue weighted by atomic mass is 9.98. The third kappa shape index (κ3) is 3.68. The molecule has 0 saturated heterocycles.